The summed E-state index contributed by atoms with van der Waals surface area (Å²) in [5.41, 5.74) is 5.73. The Hall–Kier alpha value is -0.340. The molecule has 0 saturated heterocycles. The van der Waals surface area contributed by atoms with Gasteiger partial charge in [-0.15, -0.1) is 6.58 Å². The van der Waals surface area contributed by atoms with Crippen molar-refractivity contribution in [2.45, 2.75) is 44.6 Å². The molecule has 0 heterocycles. The van der Waals surface area contributed by atoms with E-state index < -0.39 is 0 Å². The molecular formula is C14H26N2. The highest BCUT2D eigenvalue weighted by molar-refractivity contribution is 4.89. The highest BCUT2D eigenvalue weighted by Crippen LogP contribution is 2.32. The summed E-state index contributed by atoms with van der Waals surface area (Å²) >= 11 is 0. The van der Waals surface area contributed by atoms with Crippen molar-refractivity contribution in [2.24, 2.45) is 17.6 Å². The van der Waals surface area contributed by atoms with Gasteiger partial charge in [0, 0.05) is 19.1 Å². The third-order valence-corrected chi connectivity index (χ3v) is 4.22. The summed E-state index contributed by atoms with van der Waals surface area (Å²) in [6.07, 6.45) is 10.4. The first kappa shape index (κ1) is 12.1. The maximum atomic E-state index is 5.73. The van der Waals surface area contributed by atoms with E-state index in [1.165, 1.54) is 45.1 Å². The van der Waals surface area contributed by atoms with Crippen molar-refractivity contribution in [1.29, 1.82) is 0 Å². The lowest BCUT2D eigenvalue weighted by Gasteiger charge is -2.32. The molecule has 2 rings (SSSR count). The highest BCUT2D eigenvalue weighted by Gasteiger charge is 2.30. The van der Waals surface area contributed by atoms with Crippen LogP contribution >= 0.6 is 0 Å². The average molecular weight is 222 g/mol. The second-order valence-corrected chi connectivity index (χ2v) is 5.60. The Balaban J connectivity index is 1.73. The minimum Gasteiger partial charge on any atom is -0.330 e. The normalized spacial score (nSPS) is 30.6. The topological polar surface area (TPSA) is 29.3 Å². The summed E-state index contributed by atoms with van der Waals surface area (Å²) in [6, 6.07) is 0.880. The van der Waals surface area contributed by atoms with Crippen LogP contribution in [-0.2, 0) is 0 Å². The van der Waals surface area contributed by atoms with Crippen molar-refractivity contribution in [3.8, 4) is 0 Å². The molecule has 0 aromatic heterocycles. The molecule has 2 fully saturated rings. The van der Waals surface area contributed by atoms with Gasteiger partial charge in [0.05, 0.1) is 0 Å². The summed E-state index contributed by atoms with van der Waals surface area (Å²) in [6.45, 7) is 7.15. The van der Waals surface area contributed by atoms with Crippen molar-refractivity contribution in [3.63, 3.8) is 0 Å². The summed E-state index contributed by atoms with van der Waals surface area (Å²) in [4.78, 5) is 2.64. The minimum atomic E-state index is 0.810. The second-order valence-electron chi connectivity index (χ2n) is 5.60. The van der Waals surface area contributed by atoms with E-state index in [1.54, 1.807) is 0 Å². The van der Waals surface area contributed by atoms with Gasteiger partial charge >= 0.3 is 0 Å². The number of rotatable bonds is 6. The van der Waals surface area contributed by atoms with E-state index >= 15 is 0 Å². The van der Waals surface area contributed by atoms with Crippen molar-refractivity contribution in [1.82, 2.24) is 4.90 Å². The average Bonchev–Trinajstić information content (AvgIpc) is 3.13. The lowest BCUT2D eigenvalue weighted by molar-refractivity contribution is 0.187. The molecule has 2 aliphatic carbocycles. The zero-order valence-corrected chi connectivity index (χ0v) is 10.4. The third-order valence-electron chi connectivity index (χ3n) is 4.22. The molecule has 0 amide bonds. The van der Waals surface area contributed by atoms with Gasteiger partial charge in [-0.05, 0) is 56.9 Å². The number of hydrogen-bond donors (Lipinski definition) is 1. The van der Waals surface area contributed by atoms with Crippen molar-refractivity contribution in [3.05, 3.63) is 12.7 Å². The second kappa shape index (κ2) is 5.83. The standard InChI is InChI=1S/C14H26N2/c1-2-9-16(14-7-8-14)11-13-5-3-12(10-15)4-6-13/h2,12-14H,1,3-11,15H2. The predicted octanol–water partition coefficient (Wildman–Crippen LogP) is 2.40. The quantitative estimate of drug-likeness (QED) is 0.699. The summed E-state index contributed by atoms with van der Waals surface area (Å²) < 4.78 is 0. The van der Waals surface area contributed by atoms with Crippen molar-refractivity contribution < 1.29 is 0 Å². The largest absolute Gasteiger partial charge is 0.330 e. The van der Waals surface area contributed by atoms with E-state index in [-0.39, 0.29) is 0 Å². The molecule has 2 saturated carbocycles. The van der Waals surface area contributed by atoms with Crippen LogP contribution in [0.25, 0.3) is 0 Å². The molecule has 2 aliphatic rings. The lowest BCUT2D eigenvalue weighted by Crippen LogP contribution is -2.34. The molecular weight excluding hydrogens is 196 g/mol. The summed E-state index contributed by atoms with van der Waals surface area (Å²) in [5, 5.41) is 0. The van der Waals surface area contributed by atoms with Crippen molar-refractivity contribution in [2.75, 3.05) is 19.6 Å². The van der Waals surface area contributed by atoms with Crippen LogP contribution in [-0.4, -0.2) is 30.6 Å². The molecule has 2 nitrogen and oxygen atoms in total. The number of nitrogens with zero attached hydrogens (tertiary/aromatic N) is 1. The van der Waals surface area contributed by atoms with Gasteiger partial charge in [-0.25, -0.2) is 0 Å². The summed E-state index contributed by atoms with van der Waals surface area (Å²) in [5.74, 6) is 1.73. The summed E-state index contributed by atoms with van der Waals surface area (Å²) in [7, 11) is 0. The van der Waals surface area contributed by atoms with Crippen LogP contribution in [0.3, 0.4) is 0 Å². The van der Waals surface area contributed by atoms with Gasteiger partial charge in [0.2, 0.25) is 0 Å². The predicted molar refractivity (Wildman–Crippen MR) is 69.3 cm³/mol. The molecule has 92 valence electrons. The van der Waals surface area contributed by atoms with Gasteiger partial charge in [-0.2, -0.15) is 0 Å². The minimum absolute atomic E-state index is 0.810. The molecule has 0 aliphatic heterocycles. The molecule has 16 heavy (non-hydrogen) atoms. The third kappa shape index (κ3) is 3.33. The Bertz CT molecular complexity index is 215. The maximum absolute atomic E-state index is 5.73. The zero-order chi connectivity index (χ0) is 11.4. The van der Waals surface area contributed by atoms with E-state index in [2.05, 4.69) is 17.6 Å². The number of hydrogen-bond acceptors (Lipinski definition) is 2. The first-order chi connectivity index (χ1) is 7.83. The van der Waals surface area contributed by atoms with Crippen LogP contribution in [0.15, 0.2) is 12.7 Å². The zero-order valence-electron chi connectivity index (χ0n) is 10.4. The maximum Gasteiger partial charge on any atom is 0.0163 e. The SMILES string of the molecule is C=CCN(CC1CCC(CN)CC1)C1CC1. The Kier molecular flexibility index (Phi) is 4.42. The Morgan fingerprint density at radius 1 is 1.06 bits per heavy atom. The van der Waals surface area contributed by atoms with Gasteiger partial charge in [0.25, 0.3) is 0 Å². The first-order valence-electron chi connectivity index (χ1n) is 6.88. The molecule has 0 spiro atoms. The molecule has 0 aromatic rings. The van der Waals surface area contributed by atoms with E-state index in [1.807, 2.05) is 0 Å². The highest BCUT2D eigenvalue weighted by atomic mass is 15.2. The fourth-order valence-corrected chi connectivity index (χ4v) is 2.96. The van der Waals surface area contributed by atoms with E-state index in [0.29, 0.717) is 0 Å². The van der Waals surface area contributed by atoms with Crippen molar-refractivity contribution >= 4 is 0 Å². The smallest absolute Gasteiger partial charge is 0.0163 e. The van der Waals surface area contributed by atoms with Crippen LogP contribution in [0.1, 0.15) is 38.5 Å². The van der Waals surface area contributed by atoms with E-state index in [0.717, 1.165) is 31.0 Å². The van der Waals surface area contributed by atoms with Gasteiger partial charge in [-0.3, -0.25) is 4.90 Å². The molecule has 0 aromatic carbocycles. The molecule has 0 unspecified atom stereocenters. The molecule has 2 N–H and O–H groups in total. The molecule has 0 radical (unpaired) electrons. The molecule has 0 atom stereocenters. The van der Waals surface area contributed by atoms with E-state index in [4.69, 9.17) is 5.73 Å². The van der Waals surface area contributed by atoms with Crippen LogP contribution in [0.4, 0.5) is 0 Å². The van der Waals surface area contributed by atoms with Crippen LogP contribution < -0.4 is 5.73 Å². The van der Waals surface area contributed by atoms with Crippen LogP contribution in [0.2, 0.25) is 0 Å². The number of nitrogens with two attached hydrogens (primary N) is 1. The van der Waals surface area contributed by atoms with E-state index in [9.17, 15) is 0 Å². The van der Waals surface area contributed by atoms with Crippen LogP contribution in [0.5, 0.6) is 0 Å². The Morgan fingerprint density at radius 2 is 1.69 bits per heavy atom. The fourth-order valence-electron chi connectivity index (χ4n) is 2.96. The monoisotopic (exact) mass is 222 g/mol. The molecule has 2 heteroatoms. The Labute approximate surface area is 99.9 Å². The Morgan fingerprint density at radius 3 is 2.19 bits per heavy atom. The fraction of sp³-hybridized carbons (Fsp3) is 0.857. The molecule has 0 bridgehead atoms. The van der Waals surface area contributed by atoms with Gasteiger partial charge < -0.3 is 5.73 Å². The van der Waals surface area contributed by atoms with Gasteiger partial charge in [0.1, 0.15) is 0 Å². The first-order valence-corrected chi connectivity index (χ1v) is 6.88. The van der Waals surface area contributed by atoms with Crippen LogP contribution in [0, 0.1) is 11.8 Å². The van der Waals surface area contributed by atoms with Gasteiger partial charge in [0.15, 0.2) is 0 Å². The lowest BCUT2D eigenvalue weighted by atomic mass is 9.82. The van der Waals surface area contributed by atoms with Gasteiger partial charge in [-0.1, -0.05) is 6.08 Å².